The average molecular weight is 338 g/mol. The van der Waals surface area contributed by atoms with E-state index in [-0.39, 0.29) is 5.90 Å². The highest BCUT2D eigenvalue weighted by Crippen LogP contribution is 2.44. The van der Waals surface area contributed by atoms with Gasteiger partial charge < -0.3 is 14.2 Å². The van der Waals surface area contributed by atoms with E-state index in [1.165, 1.54) is 7.11 Å². The molecule has 1 N–H and O–H groups in total. The maximum absolute atomic E-state index is 7.84. The van der Waals surface area contributed by atoms with Crippen LogP contribution in [0.3, 0.4) is 0 Å². The Hall–Kier alpha value is -1.75. The van der Waals surface area contributed by atoms with Crippen LogP contribution in [0.2, 0.25) is 10.0 Å². The van der Waals surface area contributed by atoms with Crippen LogP contribution >= 0.6 is 23.2 Å². The number of methoxy groups -OCH3 is 1. The van der Waals surface area contributed by atoms with Gasteiger partial charge in [-0.15, -0.1) is 0 Å². The van der Waals surface area contributed by atoms with Gasteiger partial charge in [-0.2, -0.15) is 0 Å². The van der Waals surface area contributed by atoms with Crippen LogP contribution in [0.25, 0.3) is 0 Å². The van der Waals surface area contributed by atoms with Crippen molar-refractivity contribution in [2.24, 2.45) is 0 Å². The maximum atomic E-state index is 7.84. The first-order chi connectivity index (χ1) is 10.5. The van der Waals surface area contributed by atoms with Gasteiger partial charge in [0.05, 0.1) is 18.7 Å². The van der Waals surface area contributed by atoms with Crippen molar-refractivity contribution in [3.05, 3.63) is 58.1 Å². The highest BCUT2D eigenvalue weighted by Gasteiger charge is 2.53. The molecule has 3 rings (SSSR count). The van der Waals surface area contributed by atoms with E-state index in [1.807, 2.05) is 0 Å². The van der Waals surface area contributed by atoms with Crippen LogP contribution in [0.15, 0.2) is 42.5 Å². The fourth-order valence-electron chi connectivity index (χ4n) is 2.17. The number of benzene rings is 2. The van der Waals surface area contributed by atoms with Crippen molar-refractivity contribution < 1.29 is 14.2 Å². The first kappa shape index (κ1) is 15.2. The highest BCUT2D eigenvalue weighted by atomic mass is 35.5. The Labute approximate surface area is 138 Å². The number of hydrogen-bond donors (Lipinski definition) is 1. The summed E-state index contributed by atoms with van der Waals surface area (Å²) in [4.78, 5) is 0. The summed E-state index contributed by atoms with van der Waals surface area (Å²) in [5.41, 5.74) is -0.158. The molecule has 1 unspecified atom stereocenters. The van der Waals surface area contributed by atoms with Crippen molar-refractivity contribution in [2.75, 3.05) is 13.7 Å². The second-order valence-electron chi connectivity index (χ2n) is 4.85. The third-order valence-corrected chi connectivity index (χ3v) is 3.99. The fourth-order valence-corrected chi connectivity index (χ4v) is 2.62. The standard InChI is InChI=1S/C16H13Cl2NO3/c1-20-15(19)16(9-21-16)13-7-6-12(8-14(13)18)22-11-4-2-10(17)3-5-11/h2-8,19H,9H2,1H3. The van der Waals surface area contributed by atoms with Gasteiger partial charge in [-0.3, -0.25) is 5.41 Å². The summed E-state index contributed by atoms with van der Waals surface area (Å²) < 4.78 is 16.1. The van der Waals surface area contributed by atoms with E-state index in [1.54, 1.807) is 42.5 Å². The molecule has 0 spiro atoms. The summed E-state index contributed by atoms with van der Waals surface area (Å²) in [6, 6.07) is 12.3. The maximum Gasteiger partial charge on any atom is 0.220 e. The summed E-state index contributed by atoms with van der Waals surface area (Å²) in [6.45, 7) is 0.386. The summed E-state index contributed by atoms with van der Waals surface area (Å²) in [5, 5.41) is 8.95. The lowest BCUT2D eigenvalue weighted by Gasteiger charge is -2.15. The molecule has 2 aromatic carbocycles. The molecule has 0 radical (unpaired) electrons. The number of halogens is 2. The van der Waals surface area contributed by atoms with E-state index in [0.29, 0.717) is 33.7 Å². The molecule has 114 valence electrons. The minimum absolute atomic E-state index is 0.0424. The topological polar surface area (TPSA) is 54.8 Å². The molecule has 0 saturated carbocycles. The molecule has 0 amide bonds. The third-order valence-electron chi connectivity index (χ3n) is 3.43. The van der Waals surface area contributed by atoms with E-state index >= 15 is 0 Å². The van der Waals surface area contributed by atoms with Crippen LogP contribution in [-0.4, -0.2) is 19.6 Å². The average Bonchev–Trinajstić information content (AvgIpc) is 3.30. The van der Waals surface area contributed by atoms with Gasteiger partial charge in [0.15, 0.2) is 5.60 Å². The second-order valence-corrected chi connectivity index (χ2v) is 5.69. The van der Waals surface area contributed by atoms with Crippen LogP contribution in [0.5, 0.6) is 11.5 Å². The van der Waals surface area contributed by atoms with Crippen LogP contribution in [0.1, 0.15) is 5.56 Å². The second kappa shape index (κ2) is 5.80. The molecule has 1 heterocycles. The number of epoxide rings is 1. The Balaban J connectivity index is 1.84. The molecule has 0 aliphatic carbocycles. The monoisotopic (exact) mass is 337 g/mol. The van der Waals surface area contributed by atoms with Crippen molar-refractivity contribution in [3.63, 3.8) is 0 Å². The minimum Gasteiger partial charge on any atom is -0.482 e. The molecule has 1 aliphatic heterocycles. The molecule has 22 heavy (non-hydrogen) atoms. The van der Waals surface area contributed by atoms with Crippen molar-refractivity contribution in [1.82, 2.24) is 0 Å². The van der Waals surface area contributed by atoms with E-state index in [4.69, 9.17) is 42.8 Å². The fraction of sp³-hybridized carbons (Fsp3) is 0.188. The molecule has 6 heteroatoms. The van der Waals surface area contributed by atoms with Crippen LogP contribution in [0.4, 0.5) is 0 Å². The molecule has 1 saturated heterocycles. The molecular formula is C16H13Cl2NO3. The van der Waals surface area contributed by atoms with E-state index in [0.717, 1.165) is 0 Å². The summed E-state index contributed by atoms with van der Waals surface area (Å²) >= 11 is 12.2. The van der Waals surface area contributed by atoms with Crippen molar-refractivity contribution >= 4 is 29.1 Å². The van der Waals surface area contributed by atoms with Crippen molar-refractivity contribution in [1.29, 1.82) is 5.41 Å². The van der Waals surface area contributed by atoms with E-state index in [2.05, 4.69) is 0 Å². The van der Waals surface area contributed by atoms with Gasteiger partial charge in [0.25, 0.3) is 0 Å². The van der Waals surface area contributed by atoms with Crippen molar-refractivity contribution in [3.8, 4) is 11.5 Å². The van der Waals surface area contributed by atoms with E-state index < -0.39 is 5.60 Å². The van der Waals surface area contributed by atoms with Crippen LogP contribution < -0.4 is 4.74 Å². The lowest BCUT2D eigenvalue weighted by Crippen LogP contribution is -2.23. The summed E-state index contributed by atoms with van der Waals surface area (Å²) in [7, 11) is 1.44. The summed E-state index contributed by atoms with van der Waals surface area (Å²) in [5.74, 6) is 1.30. The molecule has 0 bridgehead atoms. The normalized spacial score (nSPS) is 19.6. The van der Waals surface area contributed by atoms with E-state index in [9.17, 15) is 0 Å². The molecule has 1 atom stereocenters. The van der Waals surface area contributed by atoms with Gasteiger partial charge in [-0.1, -0.05) is 29.3 Å². The SMILES string of the molecule is COC(=N)C1(c2ccc(Oc3ccc(Cl)cc3)cc2Cl)CO1. The number of rotatable bonds is 4. The Morgan fingerprint density at radius 3 is 2.32 bits per heavy atom. The lowest BCUT2D eigenvalue weighted by atomic mass is 9.99. The zero-order valence-electron chi connectivity index (χ0n) is 11.7. The molecule has 4 nitrogen and oxygen atoms in total. The lowest BCUT2D eigenvalue weighted by molar-refractivity contribution is 0.299. The third kappa shape index (κ3) is 2.77. The first-order valence-corrected chi connectivity index (χ1v) is 7.31. The highest BCUT2D eigenvalue weighted by molar-refractivity contribution is 6.32. The number of ether oxygens (including phenoxy) is 3. The van der Waals surface area contributed by atoms with Gasteiger partial charge in [-0.05, 0) is 36.4 Å². The van der Waals surface area contributed by atoms with Crippen LogP contribution in [-0.2, 0) is 15.1 Å². The largest absolute Gasteiger partial charge is 0.482 e. The Bertz CT molecular complexity index is 712. The van der Waals surface area contributed by atoms with Crippen molar-refractivity contribution in [2.45, 2.75) is 5.60 Å². The molecule has 1 aliphatic rings. The van der Waals surface area contributed by atoms with Gasteiger partial charge in [0, 0.05) is 10.6 Å². The molecule has 0 aromatic heterocycles. The minimum atomic E-state index is -0.857. The predicted octanol–water partition coefficient (Wildman–Crippen LogP) is 4.63. The van der Waals surface area contributed by atoms with Gasteiger partial charge in [0.1, 0.15) is 11.5 Å². The summed E-state index contributed by atoms with van der Waals surface area (Å²) in [6.07, 6.45) is 0. The molecular weight excluding hydrogens is 325 g/mol. The predicted molar refractivity (Wildman–Crippen MR) is 85.3 cm³/mol. The van der Waals surface area contributed by atoms with Gasteiger partial charge in [0.2, 0.25) is 5.90 Å². The Morgan fingerprint density at radius 2 is 1.77 bits per heavy atom. The molecule has 1 fully saturated rings. The number of nitrogens with one attached hydrogen (secondary N) is 1. The quantitative estimate of drug-likeness (QED) is 0.502. The Morgan fingerprint density at radius 1 is 1.14 bits per heavy atom. The Kier molecular flexibility index (Phi) is 4.00. The number of hydrogen-bond acceptors (Lipinski definition) is 4. The zero-order chi connectivity index (χ0) is 15.7. The zero-order valence-corrected chi connectivity index (χ0v) is 13.2. The smallest absolute Gasteiger partial charge is 0.220 e. The first-order valence-electron chi connectivity index (χ1n) is 6.55. The molecule has 2 aromatic rings. The van der Waals surface area contributed by atoms with Gasteiger partial charge >= 0.3 is 0 Å². The van der Waals surface area contributed by atoms with Crippen LogP contribution in [0, 0.1) is 5.41 Å². The van der Waals surface area contributed by atoms with Gasteiger partial charge in [-0.25, -0.2) is 0 Å².